The third-order valence-corrected chi connectivity index (χ3v) is 12.8. The molecule has 0 bridgehead atoms. The Kier molecular flexibility index (Phi) is 14.7. The predicted molar refractivity (Wildman–Crippen MR) is 214 cm³/mol. The Bertz CT molecular complexity index is 1490. The first kappa shape index (κ1) is 40.3. The Hall–Kier alpha value is -2.90. The van der Waals surface area contributed by atoms with Gasteiger partial charge in [0.15, 0.2) is 0 Å². The maximum atomic E-state index is 12.0. The first-order valence-electron chi connectivity index (χ1n) is 20.1. The summed E-state index contributed by atoms with van der Waals surface area (Å²) in [6.07, 6.45) is 14.5. The first-order chi connectivity index (χ1) is 25.1. The Balaban J connectivity index is 0.000000202. The van der Waals surface area contributed by atoms with Crippen LogP contribution in [0.15, 0.2) is 78.9 Å². The minimum Gasteiger partial charge on any atom is -0.497 e. The number of aliphatic hydroxyl groups is 2. The van der Waals surface area contributed by atoms with E-state index in [0.717, 1.165) is 76.0 Å². The number of nitrogens with zero attached hydrogens (tertiary/aromatic N) is 2. The van der Waals surface area contributed by atoms with Gasteiger partial charge in [0.05, 0.1) is 25.4 Å². The minimum atomic E-state index is -0.652. The van der Waals surface area contributed by atoms with E-state index in [4.69, 9.17) is 9.47 Å². The predicted octanol–water partition coefficient (Wildman–Crippen LogP) is 8.64. The number of ether oxygens (including phenoxy) is 2. The lowest BCUT2D eigenvalue weighted by molar-refractivity contribution is -0.101. The van der Waals surface area contributed by atoms with Gasteiger partial charge in [0, 0.05) is 18.4 Å². The van der Waals surface area contributed by atoms with E-state index in [1.165, 1.54) is 48.8 Å². The van der Waals surface area contributed by atoms with Crippen LogP contribution in [-0.2, 0) is 12.8 Å². The SMILES string of the molecule is COc1cccc(CC2CCC(CN(C)C)C2(O)C2CCCCC2)c1.COc1cccc(CC2CCCC2(O)C(CCN(C)C)c2ccccc2)c1. The second kappa shape index (κ2) is 18.9. The van der Waals surface area contributed by atoms with Crippen LogP contribution in [0.1, 0.15) is 93.2 Å². The number of hydrogen-bond donors (Lipinski definition) is 2. The van der Waals surface area contributed by atoms with Crippen LogP contribution in [0.4, 0.5) is 0 Å². The molecule has 3 saturated carbocycles. The highest BCUT2D eigenvalue weighted by atomic mass is 16.5. The molecule has 0 heterocycles. The van der Waals surface area contributed by atoms with Gasteiger partial charge in [-0.15, -0.1) is 0 Å². The molecule has 0 spiro atoms. The molecule has 3 aromatic carbocycles. The number of methoxy groups -OCH3 is 2. The van der Waals surface area contributed by atoms with Gasteiger partial charge in [0.1, 0.15) is 11.5 Å². The van der Waals surface area contributed by atoms with Crippen LogP contribution in [0.5, 0.6) is 11.5 Å². The summed E-state index contributed by atoms with van der Waals surface area (Å²) in [6.45, 7) is 1.98. The second-order valence-electron chi connectivity index (χ2n) is 16.7. The molecule has 2 N–H and O–H groups in total. The summed E-state index contributed by atoms with van der Waals surface area (Å²) in [7, 11) is 11.9. The maximum Gasteiger partial charge on any atom is 0.119 e. The van der Waals surface area contributed by atoms with Gasteiger partial charge in [-0.25, -0.2) is 0 Å². The van der Waals surface area contributed by atoms with Crippen molar-refractivity contribution < 1.29 is 19.7 Å². The molecule has 6 atom stereocenters. The lowest BCUT2D eigenvalue weighted by Gasteiger charge is -2.45. The zero-order valence-corrected chi connectivity index (χ0v) is 33.1. The van der Waals surface area contributed by atoms with Gasteiger partial charge in [-0.05, 0) is 151 Å². The zero-order chi connectivity index (χ0) is 37.1. The molecule has 3 fully saturated rings. The third-order valence-electron chi connectivity index (χ3n) is 12.8. The molecule has 6 nitrogen and oxygen atoms in total. The fourth-order valence-corrected chi connectivity index (χ4v) is 10.1. The quantitative estimate of drug-likeness (QED) is 0.175. The van der Waals surface area contributed by atoms with E-state index in [1.807, 2.05) is 18.2 Å². The number of hydrogen-bond acceptors (Lipinski definition) is 6. The van der Waals surface area contributed by atoms with Gasteiger partial charge < -0.3 is 29.5 Å². The molecular formula is C46H68N2O4. The van der Waals surface area contributed by atoms with Crippen molar-refractivity contribution in [2.45, 2.75) is 101 Å². The van der Waals surface area contributed by atoms with Gasteiger partial charge >= 0.3 is 0 Å². The summed E-state index contributed by atoms with van der Waals surface area (Å²) in [5, 5.41) is 23.9. The van der Waals surface area contributed by atoms with E-state index in [1.54, 1.807) is 14.2 Å². The highest BCUT2D eigenvalue weighted by Gasteiger charge is 2.53. The number of benzene rings is 3. The molecule has 6 heteroatoms. The van der Waals surface area contributed by atoms with Gasteiger partial charge in [-0.2, -0.15) is 0 Å². The fourth-order valence-electron chi connectivity index (χ4n) is 10.1. The second-order valence-corrected chi connectivity index (χ2v) is 16.7. The van der Waals surface area contributed by atoms with Crippen molar-refractivity contribution in [2.24, 2.45) is 23.7 Å². The van der Waals surface area contributed by atoms with E-state index >= 15 is 0 Å². The Labute approximate surface area is 315 Å². The molecule has 0 saturated heterocycles. The van der Waals surface area contributed by atoms with Crippen molar-refractivity contribution in [1.82, 2.24) is 9.80 Å². The van der Waals surface area contributed by atoms with Crippen LogP contribution in [0, 0.1) is 23.7 Å². The van der Waals surface area contributed by atoms with Crippen molar-refractivity contribution in [1.29, 1.82) is 0 Å². The van der Waals surface area contributed by atoms with Gasteiger partial charge in [0.25, 0.3) is 0 Å². The summed E-state index contributed by atoms with van der Waals surface area (Å²) in [5.74, 6) is 3.50. The van der Waals surface area contributed by atoms with Gasteiger partial charge in [-0.1, -0.05) is 80.3 Å². The Morgan fingerprint density at radius 3 is 1.83 bits per heavy atom. The number of rotatable bonds is 14. The highest BCUT2D eigenvalue weighted by molar-refractivity contribution is 5.31. The van der Waals surface area contributed by atoms with Gasteiger partial charge in [0.2, 0.25) is 0 Å². The first-order valence-corrected chi connectivity index (χ1v) is 20.1. The van der Waals surface area contributed by atoms with Crippen molar-refractivity contribution in [3.8, 4) is 11.5 Å². The fraction of sp³-hybridized carbons (Fsp3) is 0.609. The Morgan fingerprint density at radius 1 is 0.654 bits per heavy atom. The topological polar surface area (TPSA) is 65.4 Å². The maximum absolute atomic E-state index is 12.0. The third kappa shape index (κ3) is 9.99. The van der Waals surface area contributed by atoms with Crippen LogP contribution in [-0.4, -0.2) is 86.7 Å². The molecule has 0 radical (unpaired) electrons. The van der Waals surface area contributed by atoms with Crippen LogP contribution >= 0.6 is 0 Å². The molecule has 6 rings (SSSR count). The molecular weight excluding hydrogens is 645 g/mol. The van der Waals surface area contributed by atoms with Crippen molar-refractivity contribution in [2.75, 3.05) is 55.5 Å². The largest absolute Gasteiger partial charge is 0.497 e. The van der Waals surface area contributed by atoms with Gasteiger partial charge in [-0.3, -0.25) is 0 Å². The van der Waals surface area contributed by atoms with Crippen LogP contribution in [0.2, 0.25) is 0 Å². The van der Waals surface area contributed by atoms with Crippen molar-refractivity contribution in [3.63, 3.8) is 0 Å². The van der Waals surface area contributed by atoms with Crippen LogP contribution in [0.25, 0.3) is 0 Å². The van der Waals surface area contributed by atoms with Crippen molar-refractivity contribution in [3.05, 3.63) is 95.6 Å². The molecule has 3 aliphatic rings. The molecule has 6 unspecified atom stereocenters. The molecule has 3 aromatic rings. The summed E-state index contributed by atoms with van der Waals surface area (Å²) in [6, 6.07) is 27.3. The van der Waals surface area contributed by atoms with E-state index < -0.39 is 11.2 Å². The molecule has 0 aliphatic heterocycles. The molecule has 286 valence electrons. The summed E-state index contributed by atoms with van der Waals surface area (Å²) < 4.78 is 10.8. The average molecular weight is 713 g/mol. The molecule has 0 aromatic heterocycles. The van der Waals surface area contributed by atoms with E-state index in [9.17, 15) is 10.2 Å². The minimum absolute atomic E-state index is 0.166. The smallest absolute Gasteiger partial charge is 0.119 e. The summed E-state index contributed by atoms with van der Waals surface area (Å²) >= 11 is 0. The molecule has 0 amide bonds. The monoisotopic (exact) mass is 713 g/mol. The van der Waals surface area contributed by atoms with Crippen LogP contribution in [0.3, 0.4) is 0 Å². The lowest BCUT2D eigenvalue weighted by atomic mass is 9.67. The average Bonchev–Trinajstić information content (AvgIpc) is 3.67. The van der Waals surface area contributed by atoms with E-state index in [2.05, 4.69) is 98.7 Å². The normalized spacial score (nSPS) is 27.0. The van der Waals surface area contributed by atoms with E-state index in [-0.39, 0.29) is 11.8 Å². The highest BCUT2D eigenvalue weighted by Crippen LogP contribution is 2.51. The van der Waals surface area contributed by atoms with Crippen molar-refractivity contribution >= 4 is 0 Å². The standard InChI is InChI=1S/C24H33NO2.C22H35NO2/c1-25(2)16-14-23(20-10-5-4-6-11-20)24(26)15-8-12-21(24)17-19-9-7-13-22(18-19)27-3;1-23(2)16-20-13-12-19(14-17-8-7-11-21(15-17)25-3)22(20,24)18-9-5-4-6-10-18/h4-7,9-11,13,18,21,23,26H,8,12,14-17H2,1-3H3;7-8,11,15,18-20,24H,4-6,9-10,12-14,16H2,1-3H3. The van der Waals surface area contributed by atoms with E-state index in [0.29, 0.717) is 17.8 Å². The summed E-state index contributed by atoms with van der Waals surface area (Å²) in [4.78, 5) is 4.47. The lowest BCUT2D eigenvalue weighted by Crippen LogP contribution is -2.50. The zero-order valence-electron chi connectivity index (χ0n) is 33.1. The Morgan fingerprint density at radius 2 is 1.25 bits per heavy atom. The molecule has 3 aliphatic carbocycles. The van der Waals surface area contributed by atoms with Crippen LogP contribution < -0.4 is 9.47 Å². The summed E-state index contributed by atoms with van der Waals surface area (Å²) in [5.41, 5.74) is 2.65. The molecule has 52 heavy (non-hydrogen) atoms.